The van der Waals surface area contributed by atoms with Gasteiger partial charge in [0.25, 0.3) is 0 Å². The normalized spacial score (nSPS) is 18.5. The summed E-state index contributed by atoms with van der Waals surface area (Å²) >= 11 is 0. The molecule has 1 aromatic heterocycles. The molecule has 0 amide bonds. The van der Waals surface area contributed by atoms with Crippen LogP contribution in [0.25, 0.3) is 5.69 Å². The third kappa shape index (κ3) is 3.71. The number of hydrogen-bond donors (Lipinski definition) is 0. The van der Waals surface area contributed by atoms with Crippen molar-refractivity contribution in [2.45, 2.75) is 19.9 Å². The summed E-state index contributed by atoms with van der Waals surface area (Å²) in [5.41, 5.74) is 2.23. The Morgan fingerprint density at radius 3 is 2.86 bits per heavy atom. The molecule has 0 bridgehead atoms. The monoisotopic (exact) mass is 285 g/mol. The van der Waals surface area contributed by atoms with Crippen molar-refractivity contribution >= 4 is 0 Å². The molecule has 1 fully saturated rings. The molecule has 3 rings (SSSR count). The summed E-state index contributed by atoms with van der Waals surface area (Å²) in [5, 5.41) is 4.69. The summed E-state index contributed by atoms with van der Waals surface area (Å²) < 4.78 is 7.41. The standard InChI is InChI=1S/C17H23N3O/c1-2-19(12-15-9-11-21-14-15)13-16-8-10-20(18-16)17-6-4-3-5-7-17/h3-8,10,15H,2,9,11-14H2,1H3/t15-/m1/s1. The molecule has 1 aliphatic rings. The molecule has 1 aromatic carbocycles. The van der Waals surface area contributed by atoms with Crippen LogP contribution in [0, 0.1) is 5.92 Å². The molecule has 0 saturated carbocycles. The van der Waals surface area contributed by atoms with Crippen molar-refractivity contribution in [3.63, 3.8) is 0 Å². The van der Waals surface area contributed by atoms with Gasteiger partial charge in [-0.25, -0.2) is 4.68 Å². The zero-order valence-electron chi connectivity index (χ0n) is 12.6. The molecular formula is C17H23N3O. The third-order valence-electron chi connectivity index (χ3n) is 4.04. The highest BCUT2D eigenvalue weighted by molar-refractivity contribution is 5.30. The van der Waals surface area contributed by atoms with Gasteiger partial charge in [-0.1, -0.05) is 25.1 Å². The minimum absolute atomic E-state index is 0.682. The van der Waals surface area contributed by atoms with Gasteiger partial charge in [-0.2, -0.15) is 5.10 Å². The third-order valence-corrected chi connectivity index (χ3v) is 4.04. The van der Waals surface area contributed by atoms with E-state index in [1.165, 1.54) is 6.42 Å². The zero-order chi connectivity index (χ0) is 14.5. The Kier molecular flexibility index (Phi) is 4.68. The predicted molar refractivity (Wildman–Crippen MR) is 83.4 cm³/mol. The van der Waals surface area contributed by atoms with E-state index in [1.807, 2.05) is 29.1 Å². The van der Waals surface area contributed by atoms with Gasteiger partial charge in [-0.15, -0.1) is 0 Å². The lowest BCUT2D eigenvalue weighted by Crippen LogP contribution is -2.29. The molecule has 4 nitrogen and oxygen atoms in total. The summed E-state index contributed by atoms with van der Waals surface area (Å²) in [7, 11) is 0. The molecule has 1 saturated heterocycles. The number of para-hydroxylation sites is 1. The van der Waals surface area contributed by atoms with Crippen LogP contribution in [0.4, 0.5) is 0 Å². The van der Waals surface area contributed by atoms with E-state index in [1.54, 1.807) is 0 Å². The Labute approximate surface area is 126 Å². The fourth-order valence-electron chi connectivity index (χ4n) is 2.80. The van der Waals surface area contributed by atoms with Crippen molar-refractivity contribution in [3.8, 4) is 5.69 Å². The van der Waals surface area contributed by atoms with Crippen LogP contribution in [0.3, 0.4) is 0 Å². The summed E-state index contributed by atoms with van der Waals surface area (Å²) in [6.07, 6.45) is 3.23. The highest BCUT2D eigenvalue weighted by atomic mass is 16.5. The van der Waals surface area contributed by atoms with Gasteiger partial charge >= 0.3 is 0 Å². The molecule has 112 valence electrons. The summed E-state index contributed by atoms with van der Waals surface area (Å²) in [5.74, 6) is 0.682. The Morgan fingerprint density at radius 1 is 1.29 bits per heavy atom. The van der Waals surface area contributed by atoms with E-state index in [4.69, 9.17) is 4.74 Å². The maximum Gasteiger partial charge on any atom is 0.0769 e. The van der Waals surface area contributed by atoms with Crippen molar-refractivity contribution in [2.24, 2.45) is 5.92 Å². The van der Waals surface area contributed by atoms with Crippen LogP contribution < -0.4 is 0 Å². The van der Waals surface area contributed by atoms with Crippen LogP contribution in [0.15, 0.2) is 42.6 Å². The lowest BCUT2D eigenvalue weighted by atomic mass is 10.1. The molecule has 4 heteroatoms. The maximum absolute atomic E-state index is 5.47. The number of rotatable bonds is 6. The average molecular weight is 285 g/mol. The van der Waals surface area contributed by atoms with Gasteiger partial charge < -0.3 is 4.74 Å². The molecule has 1 atom stereocenters. The van der Waals surface area contributed by atoms with Crippen LogP contribution >= 0.6 is 0 Å². The summed E-state index contributed by atoms with van der Waals surface area (Å²) in [4.78, 5) is 2.46. The fourth-order valence-corrected chi connectivity index (χ4v) is 2.80. The second-order valence-corrected chi connectivity index (χ2v) is 5.64. The second-order valence-electron chi connectivity index (χ2n) is 5.64. The maximum atomic E-state index is 5.47. The molecule has 0 spiro atoms. The van der Waals surface area contributed by atoms with E-state index < -0.39 is 0 Å². The molecule has 0 unspecified atom stereocenters. The molecule has 21 heavy (non-hydrogen) atoms. The molecular weight excluding hydrogens is 262 g/mol. The van der Waals surface area contributed by atoms with Crippen LogP contribution in [0.5, 0.6) is 0 Å². The Morgan fingerprint density at radius 2 is 2.14 bits per heavy atom. The first kappa shape index (κ1) is 14.3. The van der Waals surface area contributed by atoms with Crippen molar-refractivity contribution in [1.82, 2.24) is 14.7 Å². The van der Waals surface area contributed by atoms with Gasteiger partial charge in [0.1, 0.15) is 0 Å². The van der Waals surface area contributed by atoms with Crippen molar-refractivity contribution in [2.75, 3.05) is 26.3 Å². The second kappa shape index (κ2) is 6.87. The predicted octanol–water partition coefficient (Wildman–Crippen LogP) is 2.73. The molecule has 0 radical (unpaired) electrons. The van der Waals surface area contributed by atoms with Gasteiger partial charge in [-0.3, -0.25) is 4.90 Å². The first-order valence-corrected chi connectivity index (χ1v) is 7.75. The first-order valence-electron chi connectivity index (χ1n) is 7.75. The number of ether oxygens (including phenoxy) is 1. The van der Waals surface area contributed by atoms with Crippen LogP contribution in [0.2, 0.25) is 0 Å². The van der Waals surface area contributed by atoms with Crippen LogP contribution in [-0.2, 0) is 11.3 Å². The van der Waals surface area contributed by atoms with E-state index in [-0.39, 0.29) is 0 Å². The molecule has 2 heterocycles. The molecule has 1 aliphatic heterocycles. The Hall–Kier alpha value is -1.65. The lowest BCUT2D eigenvalue weighted by molar-refractivity contribution is 0.166. The zero-order valence-corrected chi connectivity index (χ0v) is 12.6. The van der Waals surface area contributed by atoms with E-state index in [2.05, 4.69) is 35.1 Å². The quantitative estimate of drug-likeness (QED) is 0.817. The smallest absolute Gasteiger partial charge is 0.0769 e. The molecule has 2 aromatic rings. The first-order chi connectivity index (χ1) is 10.3. The van der Waals surface area contributed by atoms with Gasteiger partial charge in [0.05, 0.1) is 18.0 Å². The van der Waals surface area contributed by atoms with Crippen LogP contribution in [0.1, 0.15) is 19.0 Å². The van der Waals surface area contributed by atoms with Gasteiger partial charge in [0.15, 0.2) is 0 Å². The highest BCUT2D eigenvalue weighted by Gasteiger charge is 2.19. The summed E-state index contributed by atoms with van der Waals surface area (Å²) in [6, 6.07) is 12.4. The minimum Gasteiger partial charge on any atom is -0.381 e. The van der Waals surface area contributed by atoms with Gasteiger partial charge in [0, 0.05) is 25.9 Å². The number of hydrogen-bond acceptors (Lipinski definition) is 3. The number of aromatic nitrogens is 2. The summed E-state index contributed by atoms with van der Waals surface area (Å²) in [6.45, 7) is 7.11. The fraction of sp³-hybridized carbons (Fsp3) is 0.471. The van der Waals surface area contributed by atoms with Crippen molar-refractivity contribution in [3.05, 3.63) is 48.3 Å². The van der Waals surface area contributed by atoms with Crippen molar-refractivity contribution in [1.29, 1.82) is 0 Å². The number of benzene rings is 1. The van der Waals surface area contributed by atoms with Gasteiger partial charge in [0.2, 0.25) is 0 Å². The van der Waals surface area contributed by atoms with E-state index >= 15 is 0 Å². The Balaban J connectivity index is 1.62. The highest BCUT2D eigenvalue weighted by Crippen LogP contribution is 2.15. The average Bonchev–Trinajstić information content (AvgIpc) is 3.19. The molecule has 0 aliphatic carbocycles. The van der Waals surface area contributed by atoms with E-state index in [0.29, 0.717) is 5.92 Å². The Bertz CT molecular complexity index is 546. The largest absolute Gasteiger partial charge is 0.381 e. The van der Waals surface area contributed by atoms with Crippen LogP contribution in [-0.4, -0.2) is 41.0 Å². The minimum atomic E-state index is 0.682. The van der Waals surface area contributed by atoms with E-state index in [9.17, 15) is 0 Å². The molecule has 0 N–H and O–H groups in total. The number of nitrogens with zero attached hydrogens (tertiary/aromatic N) is 3. The SMILES string of the molecule is CCN(Cc1ccn(-c2ccccc2)n1)C[C@H]1CCOC1. The lowest BCUT2D eigenvalue weighted by Gasteiger charge is -2.22. The van der Waals surface area contributed by atoms with Crippen molar-refractivity contribution < 1.29 is 4.74 Å². The van der Waals surface area contributed by atoms with Gasteiger partial charge in [-0.05, 0) is 37.1 Å². The van der Waals surface area contributed by atoms with E-state index in [0.717, 1.165) is 44.2 Å². The topological polar surface area (TPSA) is 30.3 Å².